The lowest BCUT2D eigenvalue weighted by Gasteiger charge is -2.35. The van der Waals surface area contributed by atoms with Crippen LogP contribution in [0.5, 0.6) is 5.75 Å². The summed E-state index contributed by atoms with van der Waals surface area (Å²) in [6, 6.07) is 11.0. The number of amides is 2. The summed E-state index contributed by atoms with van der Waals surface area (Å²) < 4.78 is 20.2. The number of carbonyl (C=O) groups is 2. The summed E-state index contributed by atoms with van der Waals surface area (Å²) in [6.45, 7) is 7.72. The Bertz CT molecular complexity index is 1360. The van der Waals surface area contributed by atoms with Crippen LogP contribution in [0.2, 0.25) is 0 Å². The highest BCUT2D eigenvalue weighted by atomic mass is 19.1. The maximum Gasteiger partial charge on any atom is 0.269 e. The van der Waals surface area contributed by atoms with Crippen LogP contribution in [0.25, 0.3) is 0 Å². The number of nitrogens with zero attached hydrogens (tertiary/aromatic N) is 5. The van der Waals surface area contributed by atoms with Crippen molar-refractivity contribution >= 4 is 46.6 Å². The Morgan fingerprint density at radius 1 is 1.11 bits per heavy atom. The molecule has 0 aliphatic carbocycles. The van der Waals surface area contributed by atoms with Gasteiger partial charge in [-0.2, -0.15) is 4.98 Å². The molecule has 0 spiro atoms. The minimum atomic E-state index is -1.01. The van der Waals surface area contributed by atoms with Crippen LogP contribution in [-0.2, 0) is 9.59 Å². The number of aromatic nitrogens is 3. The first-order valence-electron chi connectivity index (χ1n) is 11.9. The van der Waals surface area contributed by atoms with Crippen molar-refractivity contribution in [3.05, 3.63) is 48.4 Å². The Morgan fingerprint density at radius 2 is 1.89 bits per heavy atom. The summed E-state index contributed by atoms with van der Waals surface area (Å²) in [5.74, 6) is 0.143. The zero-order chi connectivity index (χ0) is 26.2. The van der Waals surface area contributed by atoms with Gasteiger partial charge in [-0.1, -0.05) is 6.07 Å². The second-order valence-corrected chi connectivity index (χ2v) is 9.29. The third-order valence-electron chi connectivity index (χ3n) is 6.19. The van der Waals surface area contributed by atoms with Gasteiger partial charge >= 0.3 is 0 Å². The van der Waals surface area contributed by atoms with E-state index in [1.165, 1.54) is 0 Å². The van der Waals surface area contributed by atoms with Crippen LogP contribution < -0.4 is 25.6 Å². The molecule has 5 rings (SSSR count). The molecule has 2 aliphatic heterocycles. The van der Waals surface area contributed by atoms with Gasteiger partial charge in [0, 0.05) is 44.5 Å². The van der Waals surface area contributed by atoms with E-state index in [2.05, 4.69) is 35.8 Å². The number of piperazine rings is 1. The van der Waals surface area contributed by atoms with Crippen LogP contribution in [-0.4, -0.2) is 63.4 Å². The molecule has 4 heterocycles. The molecule has 2 aliphatic rings. The van der Waals surface area contributed by atoms with Crippen LogP contribution in [0.3, 0.4) is 0 Å². The molecular weight excluding hydrogens is 479 g/mol. The van der Waals surface area contributed by atoms with E-state index in [0.29, 0.717) is 18.8 Å². The number of hydrogen-bond donors (Lipinski definition) is 3. The highest BCUT2D eigenvalue weighted by molar-refractivity contribution is 5.99. The zero-order valence-corrected chi connectivity index (χ0v) is 20.7. The number of hydrogen-bond acceptors (Lipinski definition) is 9. The monoisotopic (exact) mass is 506 g/mol. The molecule has 1 fully saturated rings. The Balaban J connectivity index is 1.29. The summed E-state index contributed by atoms with van der Waals surface area (Å²) in [4.78, 5) is 40.4. The number of rotatable bonds is 5. The maximum atomic E-state index is 14.5. The Labute approximate surface area is 213 Å². The van der Waals surface area contributed by atoms with Gasteiger partial charge in [-0.15, -0.1) is 0 Å². The quantitative estimate of drug-likeness (QED) is 0.478. The zero-order valence-electron chi connectivity index (χ0n) is 20.7. The highest BCUT2D eigenvalue weighted by Gasteiger charge is 2.36. The molecule has 2 aromatic heterocycles. The van der Waals surface area contributed by atoms with Crippen molar-refractivity contribution in [3.8, 4) is 5.75 Å². The van der Waals surface area contributed by atoms with Crippen LogP contribution in [0.1, 0.15) is 20.8 Å². The van der Waals surface area contributed by atoms with Gasteiger partial charge < -0.3 is 30.5 Å². The topological polar surface area (TPSA) is 125 Å². The van der Waals surface area contributed by atoms with Gasteiger partial charge in [0.05, 0.1) is 6.20 Å². The standard InChI is InChI=1S/C25H27FN8O3/c1-15(35)33-9-11-34(12-10-33)17-6-4-5-16(13-17)28-24-27-14-18(26)21(32-24)29-20-8-7-19-22(30-20)31-23(36)25(2,3)37-19/h4-8,13-14H,9-12H2,1-3H3,(H3,27,28,29,30,31,32,36). The average Bonchev–Trinajstić information content (AvgIpc) is 2.87. The van der Waals surface area contributed by atoms with E-state index in [0.717, 1.165) is 30.7 Å². The van der Waals surface area contributed by atoms with Gasteiger partial charge in [-0.25, -0.2) is 14.4 Å². The van der Waals surface area contributed by atoms with Gasteiger partial charge in [0.1, 0.15) is 5.82 Å². The van der Waals surface area contributed by atoms with Crippen molar-refractivity contribution < 1.29 is 18.7 Å². The lowest BCUT2D eigenvalue weighted by Crippen LogP contribution is -2.48. The summed E-state index contributed by atoms with van der Waals surface area (Å²) >= 11 is 0. The second kappa shape index (κ2) is 9.52. The molecule has 0 unspecified atom stereocenters. The molecule has 1 saturated heterocycles. The highest BCUT2D eigenvalue weighted by Crippen LogP contribution is 2.33. The van der Waals surface area contributed by atoms with E-state index >= 15 is 0 Å². The molecule has 192 valence electrons. The predicted octanol–water partition coefficient (Wildman–Crippen LogP) is 3.28. The van der Waals surface area contributed by atoms with Gasteiger partial charge in [0.15, 0.2) is 28.8 Å². The molecular formula is C25H27FN8O3. The van der Waals surface area contributed by atoms with Crippen LogP contribution >= 0.6 is 0 Å². The minimum Gasteiger partial charge on any atom is -0.474 e. The number of halogens is 1. The smallest absolute Gasteiger partial charge is 0.269 e. The molecule has 1 aromatic carbocycles. The van der Waals surface area contributed by atoms with Crippen LogP contribution in [0.4, 0.5) is 39.2 Å². The van der Waals surface area contributed by atoms with Crippen molar-refractivity contribution in [2.45, 2.75) is 26.4 Å². The molecule has 0 atom stereocenters. The van der Waals surface area contributed by atoms with Crippen molar-refractivity contribution in [1.82, 2.24) is 19.9 Å². The Kier molecular flexibility index (Phi) is 6.24. The van der Waals surface area contributed by atoms with E-state index in [1.807, 2.05) is 29.2 Å². The summed E-state index contributed by atoms with van der Waals surface area (Å²) in [6.07, 6.45) is 1.06. The minimum absolute atomic E-state index is 0.0788. The first-order valence-corrected chi connectivity index (χ1v) is 11.9. The fourth-order valence-electron chi connectivity index (χ4n) is 4.09. The van der Waals surface area contributed by atoms with Gasteiger partial charge in [-0.05, 0) is 44.2 Å². The van der Waals surface area contributed by atoms with E-state index in [1.54, 1.807) is 32.9 Å². The Morgan fingerprint density at radius 3 is 2.65 bits per heavy atom. The van der Waals surface area contributed by atoms with Crippen LogP contribution in [0.15, 0.2) is 42.6 Å². The lowest BCUT2D eigenvalue weighted by atomic mass is 10.1. The SMILES string of the molecule is CC(=O)N1CCN(c2cccc(Nc3ncc(F)c(Nc4ccc5c(n4)NC(=O)C(C)(C)O5)n3)c2)CC1. The molecule has 12 heteroatoms. The number of ether oxygens (including phenoxy) is 1. The number of benzene rings is 1. The molecule has 2 amide bonds. The maximum absolute atomic E-state index is 14.5. The second-order valence-electron chi connectivity index (χ2n) is 9.29. The van der Waals surface area contributed by atoms with Gasteiger partial charge in [0.25, 0.3) is 5.91 Å². The third-order valence-corrected chi connectivity index (χ3v) is 6.19. The van der Waals surface area contributed by atoms with Gasteiger partial charge in [0.2, 0.25) is 11.9 Å². The van der Waals surface area contributed by atoms with Crippen molar-refractivity contribution in [1.29, 1.82) is 0 Å². The number of fused-ring (bicyclic) bond motifs is 1. The van der Waals surface area contributed by atoms with Gasteiger partial charge in [-0.3, -0.25) is 9.59 Å². The lowest BCUT2D eigenvalue weighted by molar-refractivity contribution is -0.130. The number of pyridine rings is 1. The molecule has 11 nitrogen and oxygen atoms in total. The van der Waals surface area contributed by atoms with Crippen LogP contribution in [0, 0.1) is 5.82 Å². The molecule has 0 radical (unpaired) electrons. The van der Waals surface area contributed by atoms with Crippen molar-refractivity contribution in [2.24, 2.45) is 0 Å². The third kappa shape index (κ3) is 5.22. The average molecular weight is 507 g/mol. The largest absolute Gasteiger partial charge is 0.474 e. The van der Waals surface area contributed by atoms with E-state index in [4.69, 9.17) is 4.74 Å². The molecule has 0 saturated carbocycles. The fourth-order valence-corrected chi connectivity index (χ4v) is 4.09. The first-order chi connectivity index (χ1) is 17.7. The molecule has 37 heavy (non-hydrogen) atoms. The Hall–Kier alpha value is -4.48. The molecule has 3 N–H and O–H groups in total. The molecule has 3 aromatic rings. The van der Waals surface area contributed by atoms with E-state index in [9.17, 15) is 14.0 Å². The predicted molar refractivity (Wildman–Crippen MR) is 137 cm³/mol. The summed E-state index contributed by atoms with van der Waals surface area (Å²) in [5.41, 5.74) is 0.723. The first kappa shape index (κ1) is 24.2. The summed E-state index contributed by atoms with van der Waals surface area (Å²) in [5, 5.41) is 8.64. The number of carbonyl (C=O) groups excluding carboxylic acids is 2. The van der Waals surface area contributed by atoms with E-state index in [-0.39, 0.29) is 35.2 Å². The number of nitrogens with one attached hydrogen (secondary N) is 3. The fraction of sp³-hybridized carbons (Fsp3) is 0.320. The summed E-state index contributed by atoms with van der Waals surface area (Å²) in [7, 11) is 0. The molecule has 0 bridgehead atoms. The van der Waals surface area contributed by atoms with E-state index < -0.39 is 11.4 Å². The van der Waals surface area contributed by atoms with Crippen molar-refractivity contribution in [3.63, 3.8) is 0 Å². The normalized spacial score (nSPS) is 16.4. The number of anilines is 6. The van der Waals surface area contributed by atoms with Crippen molar-refractivity contribution in [2.75, 3.05) is 47.0 Å².